The van der Waals surface area contributed by atoms with Crippen molar-refractivity contribution in [3.63, 3.8) is 0 Å². The number of nitrogens with zero attached hydrogens (tertiary/aromatic N) is 2. The first-order valence-corrected chi connectivity index (χ1v) is 9.98. The second-order valence-corrected chi connectivity index (χ2v) is 7.73. The number of aromatic amines is 1. The van der Waals surface area contributed by atoms with Gasteiger partial charge in [0.25, 0.3) is 0 Å². The molecular weight excluding hydrogens is 448 g/mol. The number of methoxy groups -OCH3 is 1. The number of rotatable bonds is 5. The van der Waals surface area contributed by atoms with Gasteiger partial charge in [-0.05, 0) is 42.3 Å². The van der Waals surface area contributed by atoms with Crippen LogP contribution in [0.1, 0.15) is 28.3 Å². The molecule has 0 saturated heterocycles. The second-order valence-electron chi connectivity index (χ2n) is 6.82. The molecule has 0 aliphatic carbocycles. The Morgan fingerprint density at radius 3 is 2.70 bits per heavy atom. The van der Waals surface area contributed by atoms with Crippen molar-refractivity contribution in [1.29, 1.82) is 5.26 Å². The number of hydrogen-bond donors (Lipinski definition) is 2. The topological polar surface area (TPSA) is 106 Å². The van der Waals surface area contributed by atoms with E-state index in [1.54, 1.807) is 7.11 Å². The molecular formula is C22H19BrN4O3. The SMILES string of the molecule is COc1cc([C@@H]2C(C#N)=C(N)Oc3n[nH]c(C)c32)ccc1OCc1ccc(Br)cc1. The summed E-state index contributed by atoms with van der Waals surface area (Å²) in [5.74, 6) is 1.19. The lowest BCUT2D eigenvalue weighted by atomic mass is 9.84. The molecule has 0 bridgehead atoms. The molecule has 7 nitrogen and oxygen atoms in total. The summed E-state index contributed by atoms with van der Waals surface area (Å²) in [7, 11) is 1.58. The number of benzene rings is 2. The third kappa shape index (κ3) is 3.60. The molecule has 0 saturated carbocycles. The van der Waals surface area contributed by atoms with Crippen LogP contribution in [0.5, 0.6) is 17.4 Å². The van der Waals surface area contributed by atoms with Crippen molar-refractivity contribution in [2.75, 3.05) is 7.11 Å². The number of hydrogen-bond acceptors (Lipinski definition) is 6. The van der Waals surface area contributed by atoms with Crippen LogP contribution in [0.4, 0.5) is 0 Å². The molecule has 152 valence electrons. The van der Waals surface area contributed by atoms with Gasteiger partial charge in [0.2, 0.25) is 11.8 Å². The van der Waals surface area contributed by atoms with Gasteiger partial charge >= 0.3 is 0 Å². The molecule has 0 amide bonds. The van der Waals surface area contributed by atoms with Crippen LogP contribution in [0.15, 0.2) is 58.4 Å². The van der Waals surface area contributed by atoms with Gasteiger partial charge in [0.1, 0.15) is 18.2 Å². The number of fused-ring (bicyclic) bond motifs is 1. The first-order chi connectivity index (χ1) is 14.5. The zero-order valence-corrected chi connectivity index (χ0v) is 18.0. The second kappa shape index (κ2) is 8.13. The van der Waals surface area contributed by atoms with Crippen LogP contribution in [0.2, 0.25) is 0 Å². The predicted molar refractivity (Wildman–Crippen MR) is 114 cm³/mol. The fourth-order valence-electron chi connectivity index (χ4n) is 3.46. The van der Waals surface area contributed by atoms with E-state index in [0.29, 0.717) is 29.6 Å². The zero-order chi connectivity index (χ0) is 21.3. The predicted octanol–water partition coefficient (Wildman–Crippen LogP) is 4.29. The maximum absolute atomic E-state index is 9.70. The molecule has 1 aliphatic heterocycles. The van der Waals surface area contributed by atoms with Gasteiger partial charge in [-0.1, -0.05) is 34.1 Å². The third-order valence-corrected chi connectivity index (χ3v) is 5.49. The van der Waals surface area contributed by atoms with Crippen molar-refractivity contribution in [2.24, 2.45) is 5.73 Å². The highest BCUT2D eigenvalue weighted by Crippen LogP contribution is 2.44. The first-order valence-electron chi connectivity index (χ1n) is 9.19. The highest BCUT2D eigenvalue weighted by molar-refractivity contribution is 9.10. The lowest BCUT2D eigenvalue weighted by Gasteiger charge is -2.24. The summed E-state index contributed by atoms with van der Waals surface area (Å²) in [6.07, 6.45) is 0. The number of halogens is 1. The zero-order valence-electron chi connectivity index (χ0n) is 16.4. The van der Waals surface area contributed by atoms with Crippen molar-refractivity contribution in [2.45, 2.75) is 19.4 Å². The summed E-state index contributed by atoms with van der Waals surface area (Å²) in [6.45, 7) is 2.28. The van der Waals surface area contributed by atoms with Gasteiger partial charge in [-0.15, -0.1) is 5.10 Å². The molecule has 3 aromatic rings. The van der Waals surface area contributed by atoms with Crippen molar-refractivity contribution >= 4 is 15.9 Å². The normalized spacial score (nSPS) is 15.2. The van der Waals surface area contributed by atoms with Gasteiger partial charge in [0.15, 0.2) is 11.5 Å². The highest BCUT2D eigenvalue weighted by atomic mass is 79.9. The molecule has 2 heterocycles. The molecule has 3 N–H and O–H groups in total. The van der Waals surface area contributed by atoms with Gasteiger partial charge in [-0.2, -0.15) is 5.26 Å². The van der Waals surface area contributed by atoms with Crippen molar-refractivity contribution < 1.29 is 14.2 Å². The Kier molecular flexibility index (Phi) is 5.38. The van der Waals surface area contributed by atoms with Crippen LogP contribution in [-0.4, -0.2) is 17.3 Å². The molecule has 1 atom stereocenters. The number of nitrogens with two attached hydrogens (primary N) is 1. The Morgan fingerprint density at radius 2 is 2.00 bits per heavy atom. The number of allylic oxidation sites excluding steroid dienone is 1. The number of nitriles is 1. The number of aryl methyl sites for hydroxylation is 1. The van der Waals surface area contributed by atoms with Gasteiger partial charge in [0, 0.05) is 15.7 Å². The largest absolute Gasteiger partial charge is 0.493 e. The van der Waals surface area contributed by atoms with E-state index in [-0.39, 0.29) is 5.88 Å². The van der Waals surface area contributed by atoms with E-state index in [1.807, 2.05) is 49.4 Å². The molecule has 4 rings (SSSR count). The van der Waals surface area contributed by atoms with Crippen LogP contribution in [0.3, 0.4) is 0 Å². The van der Waals surface area contributed by atoms with Crippen molar-refractivity contribution in [1.82, 2.24) is 10.2 Å². The van der Waals surface area contributed by atoms with Crippen LogP contribution in [0, 0.1) is 18.3 Å². The van der Waals surface area contributed by atoms with E-state index in [0.717, 1.165) is 26.9 Å². The van der Waals surface area contributed by atoms with Crippen LogP contribution < -0.4 is 19.9 Å². The molecule has 2 aromatic carbocycles. The van der Waals surface area contributed by atoms with Crippen LogP contribution in [-0.2, 0) is 6.61 Å². The fraction of sp³-hybridized carbons (Fsp3) is 0.182. The van der Waals surface area contributed by atoms with Gasteiger partial charge < -0.3 is 19.9 Å². The quantitative estimate of drug-likeness (QED) is 0.580. The van der Waals surface area contributed by atoms with E-state index >= 15 is 0 Å². The summed E-state index contributed by atoms with van der Waals surface area (Å²) in [4.78, 5) is 0. The minimum absolute atomic E-state index is 0.0519. The first kappa shape index (κ1) is 19.9. The smallest absolute Gasteiger partial charge is 0.244 e. The molecule has 30 heavy (non-hydrogen) atoms. The maximum atomic E-state index is 9.70. The fourth-order valence-corrected chi connectivity index (χ4v) is 3.72. The minimum atomic E-state index is -0.410. The van der Waals surface area contributed by atoms with Gasteiger partial charge in [0.05, 0.1) is 13.0 Å². The number of aromatic nitrogens is 2. The van der Waals surface area contributed by atoms with Gasteiger partial charge in [-0.25, -0.2) is 0 Å². The minimum Gasteiger partial charge on any atom is -0.493 e. The molecule has 0 spiro atoms. The molecule has 1 aromatic heterocycles. The van der Waals surface area contributed by atoms with E-state index < -0.39 is 5.92 Å². The Bertz CT molecular complexity index is 1160. The lowest BCUT2D eigenvalue weighted by Crippen LogP contribution is -2.21. The summed E-state index contributed by atoms with van der Waals surface area (Å²) in [5.41, 5.74) is 9.78. The number of nitrogens with one attached hydrogen (secondary N) is 1. The molecule has 0 unspecified atom stereocenters. The lowest BCUT2D eigenvalue weighted by molar-refractivity contribution is 0.284. The molecule has 0 radical (unpaired) electrons. The number of H-pyrrole nitrogens is 1. The third-order valence-electron chi connectivity index (χ3n) is 4.96. The van der Waals surface area contributed by atoms with Crippen LogP contribution in [0.25, 0.3) is 0 Å². The summed E-state index contributed by atoms with van der Waals surface area (Å²) in [6, 6.07) is 15.7. The molecule has 1 aliphatic rings. The van der Waals surface area contributed by atoms with Crippen molar-refractivity contribution in [3.8, 4) is 23.4 Å². The summed E-state index contributed by atoms with van der Waals surface area (Å²) in [5, 5.41) is 16.8. The average molecular weight is 467 g/mol. The molecule has 0 fully saturated rings. The highest BCUT2D eigenvalue weighted by Gasteiger charge is 2.34. The Balaban J connectivity index is 1.68. The molecule has 8 heteroatoms. The Hall–Kier alpha value is -3.44. The summed E-state index contributed by atoms with van der Waals surface area (Å²) >= 11 is 3.43. The average Bonchev–Trinajstić information content (AvgIpc) is 3.12. The number of ether oxygens (including phenoxy) is 3. The Morgan fingerprint density at radius 1 is 1.23 bits per heavy atom. The van der Waals surface area contributed by atoms with E-state index in [1.165, 1.54) is 0 Å². The maximum Gasteiger partial charge on any atom is 0.244 e. The van der Waals surface area contributed by atoms with Crippen molar-refractivity contribution in [3.05, 3.63) is 80.8 Å². The van der Waals surface area contributed by atoms with E-state index in [9.17, 15) is 5.26 Å². The standard InChI is InChI=1S/C22H19BrN4O3/c1-12-19-20(16(10-24)21(25)30-22(19)27-26-12)14-5-8-17(18(9-14)28-2)29-11-13-3-6-15(23)7-4-13/h3-9,20H,11,25H2,1-2H3,(H,26,27)/t20-/m1/s1. The van der Waals surface area contributed by atoms with Crippen LogP contribution >= 0.6 is 15.9 Å². The Labute approximate surface area is 182 Å². The van der Waals surface area contributed by atoms with E-state index in [4.69, 9.17) is 19.9 Å². The summed E-state index contributed by atoms with van der Waals surface area (Å²) < 4.78 is 18.1. The van der Waals surface area contributed by atoms with Gasteiger partial charge in [-0.3, -0.25) is 5.10 Å². The van der Waals surface area contributed by atoms with E-state index in [2.05, 4.69) is 32.2 Å². The monoisotopic (exact) mass is 466 g/mol.